The van der Waals surface area contributed by atoms with Crippen LogP contribution in [0.2, 0.25) is 0 Å². The van der Waals surface area contributed by atoms with Gasteiger partial charge in [0.25, 0.3) is 0 Å². The summed E-state index contributed by atoms with van der Waals surface area (Å²) in [5.41, 5.74) is 0.947. The first-order valence-electron chi connectivity index (χ1n) is 6.44. The van der Waals surface area contributed by atoms with E-state index in [4.69, 9.17) is 5.11 Å². The molecule has 0 fully saturated rings. The van der Waals surface area contributed by atoms with Gasteiger partial charge in [0.05, 0.1) is 6.10 Å². The molecule has 3 nitrogen and oxygen atoms in total. The third kappa shape index (κ3) is 5.48. The van der Waals surface area contributed by atoms with Crippen LogP contribution in [0.1, 0.15) is 31.4 Å². The summed E-state index contributed by atoms with van der Waals surface area (Å²) >= 11 is 3.41. The van der Waals surface area contributed by atoms with E-state index in [1.165, 1.54) is 0 Å². The van der Waals surface area contributed by atoms with E-state index in [0.29, 0.717) is 0 Å². The molecule has 4 heteroatoms. The van der Waals surface area contributed by atoms with E-state index < -0.39 is 6.10 Å². The van der Waals surface area contributed by atoms with Gasteiger partial charge in [-0.2, -0.15) is 0 Å². The molecule has 0 amide bonds. The van der Waals surface area contributed by atoms with E-state index >= 15 is 0 Å². The van der Waals surface area contributed by atoms with Gasteiger partial charge < -0.3 is 15.1 Å². The Morgan fingerprint density at radius 3 is 2.72 bits per heavy atom. The van der Waals surface area contributed by atoms with E-state index in [0.717, 1.165) is 42.5 Å². The van der Waals surface area contributed by atoms with Crippen molar-refractivity contribution < 1.29 is 10.2 Å². The molecular weight excluding hydrogens is 294 g/mol. The van der Waals surface area contributed by atoms with E-state index in [-0.39, 0.29) is 6.61 Å². The largest absolute Gasteiger partial charge is 0.396 e. The molecule has 0 radical (unpaired) electrons. The van der Waals surface area contributed by atoms with Gasteiger partial charge in [0.15, 0.2) is 0 Å². The van der Waals surface area contributed by atoms with Crippen LogP contribution in [0.3, 0.4) is 0 Å². The third-order valence-electron chi connectivity index (χ3n) is 3.03. The lowest BCUT2D eigenvalue weighted by Gasteiger charge is -2.21. The Kier molecular flexibility index (Phi) is 7.51. The number of halogens is 1. The van der Waals surface area contributed by atoms with Crippen molar-refractivity contribution in [3.05, 3.63) is 34.3 Å². The van der Waals surface area contributed by atoms with Crippen LogP contribution in [-0.4, -0.2) is 41.4 Å². The van der Waals surface area contributed by atoms with Crippen LogP contribution in [0.5, 0.6) is 0 Å². The van der Waals surface area contributed by atoms with E-state index in [9.17, 15) is 5.11 Å². The molecule has 0 aliphatic rings. The first-order valence-corrected chi connectivity index (χ1v) is 7.23. The highest BCUT2D eigenvalue weighted by Gasteiger charge is 2.10. The minimum absolute atomic E-state index is 0.227. The van der Waals surface area contributed by atoms with Crippen LogP contribution >= 0.6 is 15.9 Å². The number of aliphatic hydroxyl groups excluding tert-OH is 2. The Morgan fingerprint density at radius 1 is 1.33 bits per heavy atom. The van der Waals surface area contributed by atoms with E-state index in [1.54, 1.807) is 0 Å². The second-order valence-electron chi connectivity index (χ2n) is 4.37. The second-order valence-corrected chi connectivity index (χ2v) is 5.29. The zero-order valence-electron chi connectivity index (χ0n) is 10.8. The Bertz CT molecular complexity index is 346. The Morgan fingerprint density at radius 2 is 2.11 bits per heavy atom. The molecule has 1 aromatic rings. The molecule has 0 aromatic heterocycles. The van der Waals surface area contributed by atoms with E-state index in [1.807, 2.05) is 24.3 Å². The van der Waals surface area contributed by atoms with Crippen molar-refractivity contribution in [3.8, 4) is 0 Å². The maximum atomic E-state index is 10.1. The molecule has 1 unspecified atom stereocenters. The van der Waals surface area contributed by atoms with Crippen molar-refractivity contribution in [1.29, 1.82) is 0 Å². The average molecular weight is 316 g/mol. The summed E-state index contributed by atoms with van der Waals surface area (Å²) < 4.78 is 0.992. The van der Waals surface area contributed by atoms with E-state index in [2.05, 4.69) is 27.8 Å². The lowest BCUT2D eigenvalue weighted by atomic mass is 10.1. The molecule has 2 N–H and O–H groups in total. The number of nitrogens with zero attached hydrogens (tertiary/aromatic N) is 1. The standard InChI is InChI=1S/C14H22BrNO2/c1-2-16(8-4-10-17)9-7-14(18)12-5-3-6-13(15)11-12/h3,5-6,11,14,17-18H,2,4,7-10H2,1H3. The SMILES string of the molecule is CCN(CCCO)CCC(O)c1cccc(Br)c1. The first kappa shape index (κ1) is 15.6. The van der Waals surface area contributed by atoms with Crippen LogP contribution in [-0.2, 0) is 0 Å². The third-order valence-corrected chi connectivity index (χ3v) is 3.53. The summed E-state index contributed by atoms with van der Waals surface area (Å²) in [5, 5.41) is 18.9. The normalized spacial score (nSPS) is 12.9. The smallest absolute Gasteiger partial charge is 0.0802 e. The molecular formula is C14H22BrNO2. The molecule has 18 heavy (non-hydrogen) atoms. The highest BCUT2D eigenvalue weighted by Crippen LogP contribution is 2.20. The average Bonchev–Trinajstić information content (AvgIpc) is 2.38. The Labute approximate surface area is 118 Å². The predicted molar refractivity (Wildman–Crippen MR) is 77.5 cm³/mol. The molecule has 1 aromatic carbocycles. The predicted octanol–water partition coefficient (Wildman–Crippen LogP) is 2.58. The Balaban J connectivity index is 2.42. The van der Waals surface area contributed by atoms with Crippen LogP contribution in [0.4, 0.5) is 0 Å². The van der Waals surface area contributed by atoms with Crippen molar-refractivity contribution in [1.82, 2.24) is 4.90 Å². The maximum absolute atomic E-state index is 10.1. The van der Waals surface area contributed by atoms with Crippen molar-refractivity contribution in [3.63, 3.8) is 0 Å². The van der Waals surface area contributed by atoms with Gasteiger partial charge in [-0.3, -0.25) is 0 Å². The van der Waals surface area contributed by atoms with Crippen LogP contribution in [0, 0.1) is 0 Å². The fourth-order valence-electron chi connectivity index (χ4n) is 1.91. The quantitative estimate of drug-likeness (QED) is 0.775. The summed E-state index contributed by atoms with van der Waals surface area (Å²) in [6.07, 6.45) is 1.09. The minimum atomic E-state index is -0.425. The van der Waals surface area contributed by atoms with Crippen molar-refractivity contribution in [2.24, 2.45) is 0 Å². The van der Waals surface area contributed by atoms with Gasteiger partial charge in [0, 0.05) is 24.2 Å². The van der Waals surface area contributed by atoms with Gasteiger partial charge in [0.2, 0.25) is 0 Å². The fourth-order valence-corrected chi connectivity index (χ4v) is 2.32. The summed E-state index contributed by atoms with van der Waals surface area (Å²) in [7, 11) is 0. The Hall–Kier alpha value is -0.420. The van der Waals surface area contributed by atoms with Crippen molar-refractivity contribution in [2.75, 3.05) is 26.2 Å². The lowest BCUT2D eigenvalue weighted by Crippen LogP contribution is -2.27. The zero-order valence-corrected chi connectivity index (χ0v) is 12.4. The van der Waals surface area contributed by atoms with Gasteiger partial charge >= 0.3 is 0 Å². The van der Waals surface area contributed by atoms with Gasteiger partial charge in [-0.1, -0.05) is 35.0 Å². The summed E-state index contributed by atoms with van der Waals surface area (Å²) in [6, 6.07) is 7.79. The highest BCUT2D eigenvalue weighted by molar-refractivity contribution is 9.10. The summed E-state index contributed by atoms with van der Waals surface area (Å²) in [6.45, 7) is 5.02. The number of rotatable bonds is 8. The van der Waals surface area contributed by atoms with Crippen molar-refractivity contribution >= 4 is 15.9 Å². The van der Waals surface area contributed by atoms with Crippen LogP contribution in [0.25, 0.3) is 0 Å². The molecule has 0 aliphatic heterocycles. The molecule has 0 spiro atoms. The second kappa shape index (κ2) is 8.64. The van der Waals surface area contributed by atoms with Gasteiger partial charge in [-0.05, 0) is 37.1 Å². The van der Waals surface area contributed by atoms with Gasteiger partial charge in [0.1, 0.15) is 0 Å². The lowest BCUT2D eigenvalue weighted by molar-refractivity contribution is 0.140. The van der Waals surface area contributed by atoms with Crippen LogP contribution in [0.15, 0.2) is 28.7 Å². The fraction of sp³-hybridized carbons (Fsp3) is 0.571. The first-order chi connectivity index (χ1) is 8.67. The highest BCUT2D eigenvalue weighted by atomic mass is 79.9. The molecule has 102 valence electrons. The molecule has 0 heterocycles. The summed E-state index contributed by atoms with van der Waals surface area (Å²) in [4.78, 5) is 2.25. The molecule has 1 rings (SSSR count). The maximum Gasteiger partial charge on any atom is 0.0802 e. The molecule has 1 atom stereocenters. The topological polar surface area (TPSA) is 43.7 Å². The van der Waals surface area contributed by atoms with Crippen molar-refractivity contribution in [2.45, 2.75) is 25.9 Å². The molecule has 0 bridgehead atoms. The molecule has 0 aliphatic carbocycles. The van der Waals surface area contributed by atoms with Gasteiger partial charge in [-0.25, -0.2) is 0 Å². The molecule has 0 saturated heterocycles. The monoisotopic (exact) mass is 315 g/mol. The number of hydrogen-bond acceptors (Lipinski definition) is 3. The zero-order chi connectivity index (χ0) is 13.4. The number of hydrogen-bond donors (Lipinski definition) is 2. The number of benzene rings is 1. The summed E-state index contributed by atoms with van der Waals surface area (Å²) in [5.74, 6) is 0. The minimum Gasteiger partial charge on any atom is -0.396 e. The number of aliphatic hydroxyl groups is 2. The molecule has 0 saturated carbocycles. The van der Waals surface area contributed by atoms with Crippen LogP contribution < -0.4 is 0 Å². The van der Waals surface area contributed by atoms with Gasteiger partial charge in [-0.15, -0.1) is 0 Å².